The monoisotopic (exact) mass is 197 g/mol. The Morgan fingerprint density at radius 2 is 2.14 bits per heavy atom. The third kappa shape index (κ3) is 2.84. The van der Waals surface area contributed by atoms with Gasteiger partial charge in [-0.05, 0) is 32.4 Å². The van der Waals surface area contributed by atoms with E-state index >= 15 is 0 Å². The lowest BCUT2D eigenvalue weighted by Crippen LogP contribution is -2.44. The topological polar surface area (TPSA) is 29.5 Å². The normalized spacial score (nSPS) is 20.1. The number of esters is 1. The van der Waals surface area contributed by atoms with Gasteiger partial charge in [-0.3, -0.25) is 9.69 Å². The Bertz CT molecular complexity index is 197. The van der Waals surface area contributed by atoms with Gasteiger partial charge in [0.1, 0.15) is 6.04 Å². The minimum Gasteiger partial charge on any atom is -0.468 e. The quantitative estimate of drug-likeness (QED) is 0.506. The zero-order valence-corrected chi connectivity index (χ0v) is 8.87. The second-order valence-corrected chi connectivity index (χ2v) is 3.66. The molecule has 0 aromatic rings. The molecule has 1 atom stereocenters. The van der Waals surface area contributed by atoms with E-state index in [0.717, 1.165) is 13.1 Å². The van der Waals surface area contributed by atoms with Crippen LogP contribution in [0.15, 0.2) is 12.7 Å². The van der Waals surface area contributed by atoms with Crippen LogP contribution in [0.2, 0.25) is 0 Å². The van der Waals surface area contributed by atoms with E-state index in [4.69, 9.17) is 4.74 Å². The van der Waals surface area contributed by atoms with Crippen LogP contribution in [0.3, 0.4) is 0 Å². The lowest BCUT2D eigenvalue weighted by Gasteiger charge is -2.32. The van der Waals surface area contributed by atoms with Crippen molar-refractivity contribution in [3.63, 3.8) is 0 Å². The Balaban J connectivity index is 2.55. The standard InChI is InChI=1S/C11H19NO2/c1-3-7-10(11(13)14-2)12-8-5-4-6-9-12/h3,10H,1,4-9H2,2H3. The Morgan fingerprint density at radius 1 is 1.50 bits per heavy atom. The Labute approximate surface area is 85.7 Å². The first kappa shape index (κ1) is 11.2. The van der Waals surface area contributed by atoms with Gasteiger partial charge in [0.2, 0.25) is 0 Å². The number of ether oxygens (including phenoxy) is 1. The van der Waals surface area contributed by atoms with E-state index in [1.807, 2.05) is 0 Å². The summed E-state index contributed by atoms with van der Waals surface area (Å²) in [5, 5.41) is 0. The third-order valence-corrected chi connectivity index (χ3v) is 2.69. The molecule has 14 heavy (non-hydrogen) atoms. The van der Waals surface area contributed by atoms with Crippen molar-refractivity contribution in [1.29, 1.82) is 0 Å². The van der Waals surface area contributed by atoms with E-state index in [9.17, 15) is 4.79 Å². The zero-order valence-electron chi connectivity index (χ0n) is 8.87. The number of nitrogens with zero attached hydrogens (tertiary/aromatic N) is 1. The van der Waals surface area contributed by atoms with Gasteiger partial charge in [-0.15, -0.1) is 6.58 Å². The van der Waals surface area contributed by atoms with Gasteiger partial charge in [0, 0.05) is 0 Å². The van der Waals surface area contributed by atoms with Crippen LogP contribution in [0, 0.1) is 0 Å². The highest BCUT2D eigenvalue weighted by atomic mass is 16.5. The predicted octanol–water partition coefficient (Wildman–Crippen LogP) is 1.59. The third-order valence-electron chi connectivity index (χ3n) is 2.69. The van der Waals surface area contributed by atoms with E-state index in [1.54, 1.807) is 6.08 Å². The molecule has 1 fully saturated rings. The molecule has 0 saturated carbocycles. The van der Waals surface area contributed by atoms with Crippen LogP contribution in [-0.4, -0.2) is 37.1 Å². The van der Waals surface area contributed by atoms with Gasteiger partial charge in [0.05, 0.1) is 7.11 Å². The molecule has 0 aliphatic carbocycles. The lowest BCUT2D eigenvalue weighted by molar-refractivity contribution is -0.147. The molecular weight excluding hydrogens is 178 g/mol. The van der Waals surface area contributed by atoms with Crippen molar-refractivity contribution in [3.05, 3.63) is 12.7 Å². The number of carbonyl (C=O) groups excluding carboxylic acids is 1. The summed E-state index contributed by atoms with van der Waals surface area (Å²) < 4.78 is 4.79. The van der Waals surface area contributed by atoms with Crippen LogP contribution in [0.5, 0.6) is 0 Å². The van der Waals surface area contributed by atoms with E-state index in [2.05, 4.69) is 11.5 Å². The fourth-order valence-electron chi connectivity index (χ4n) is 1.92. The molecule has 1 unspecified atom stereocenters. The molecule has 0 spiro atoms. The van der Waals surface area contributed by atoms with Gasteiger partial charge in [-0.1, -0.05) is 12.5 Å². The summed E-state index contributed by atoms with van der Waals surface area (Å²) in [5.74, 6) is -0.133. The predicted molar refractivity (Wildman–Crippen MR) is 56.0 cm³/mol. The maximum absolute atomic E-state index is 11.5. The van der Waals surface area contributed by atoms with Crippen molar-refractivity contribution < 1.29 is 9.53 Å². The highest BCUT2D eigenvalue weighted by molar-refractivity contribution is 5.75. The van der Waals surface area contributed by atoms with Crippen LogP contribution in [-0.2, 0) is 9.53 Å². The number of carbonyl (C=O) groups is 1. The molecule has 1 heterocycles. The molecule has 0 aromatic heterocycles. The van der Waals surface area contributed by atoms with Crippen molar-refractivity contribution in [2.24, 2.45) is 0 Å². The van der Waals surface area contributed by atoms with Crippen molar-refractivity contribution >= 4 is 5.97 Å². The van der Waals surface area contributed by atoms with Crippen molar-refractivity contribution in [1.82, 2.24) is 4.90 Å². The Kier molecular flexibility index (Phi) is 4.66. The fourth-order valence-corrected chi connectivity index (χ4v) is 1.92. The fraction of sp³-hybridized carbons (Fsp3) is 0.727. The first-order valence-electron chi connectivity index (χ1n) is 5.22. The molecule has 0 radical (unpaired) electrons. The van der Waals surface area contributed by atoms with E-state index in [0.29, 0.717) is 6.42 Å². The highest BCUT2D eigenvalue weighted by Crippen LogP contribution is 2.15. The summed E-state index contributed by atoms with van der Waals surface area (Å²) in [6.45, 7) is 5.69. The molecule has 0 amide bonds. The number of piperidine rings is 1. The minimum atomic E-state index is -0.133. The van der Waals surface area contributed by atoms with E-state index in [1.165, 1.54) is 26.4 Å². The van der Waals surface area contributed by atoms with Gasteiger partial charge in [-0.25, -0.2) is 0 Å². The average Bonchev–Trinajstić information content (AvgIpc) is 2.26. The molecular formula is C11H19NO2. The number of rotatable bonds is 4. The molecule has 3 nitrogen and oxygen atoms in total. The largest absolute Gasteiger partial charge is 0.468 e. The number of hydrogen-bond acceptors (Lipinski definition) is 3. The molecule has 1 aliphatic heterocycles. The van der Waals surface area contributed by atoms with Crippen LogP contribution < -0.4 is 0 Å². The van der Waals surface area contributed by atoms with Crippen LogP contribution in [0.1, 0.15) is 25.7 Å². The Morgan fingerprint density at radius 3 is 2.64 bits per heavy atom. The van der Waals surface area contributed by atoms with E-state index in [-0.39, 0.29) is 12.0 Å². The average molecular weight is 197 g/mol. The molecule has 80 valence electrons. The van der Waals surface area contributed by atoms with Crippen molar-refractivity contribution in [2.45, 2.75) is 31.7 Å². The maximum Gasteiger partial charge on any atom is 0.323 e. The summed E-state index contributed by atoms with van der Waals surface area (Å²) in [6, 6.07) is -0.113. The van der Waals surface area contributed by atoms with E-state index < -0.39 is 0 Å². The van der Waals surface area contributed by atoms with Gasteiger partial charge >= 0.3 is 5.97 Å². The van der Waals surface area contributed by atoms with Crippen molar-refractivity contribution in [2.75, 3.05) is 20.2 Å². The first-order valence-corrected chi connectivity index (χ1v) is 5.22. The second-order valence-electron chi connectivity index (χ2n) is 3.66. The smallest absolute Gasteiger partial charge is 0.323 e. The van der Waals surface area contributed by atoms with Crippen LogP contribution in [0.25, 0.3) is 0 Å². The SMILES string of the molecule is C=CCC(C(=O)OC)N1CCCCC1. The summed E-state index contributed by atoms with van der Waals surface area (Å²) in [5.41, 5.74) is 0. The molecule has 1 aliphatic rings. The van der Waals surface area contributed by atoms with Gasteiger partial charge in [0.25, 0.3) is 0 Å². The Hall–Kier alpha value is -0.830. The van der Waals surface area contributed by atoms with Gasteiger partial charge in [0.15, 0.2) is 0 Å². The molecule has 0 N–H and O–H groups in total. The maximum atomic E-state index is 11.5. The molecule has 0 bridgehead atoms. The summed E-state index contributed by atoms with van der Waals surface area (Å²) in [4.78, 5) is 13.7. The molecule has 1 saturated heterocycles. The minimum absolute atomic E-state index is 0.113. The zero-order chi connectivity index (χ0) is 10.4. The molecule has 3 heteroatoms. The number of hydrogen-bond donors (Lipinski definition) is 0. The first-order chi connectivity index (χ1) is 6.79. The number of methoxy groups -OCH3 is 1. The summed E-state index contributed by atoms with van der Waals surface area (Å²) in [7, 11) is 1.45. The number of likely N-dealkylation sites (tertiary alicyclic amines) is 1. The van der Waals surface area contributed by atoms with Crippen molar-refractivity contribution in [3.8, 4) is 0 Å². The van der Waals surface area contributed by atoms with Crippen LogP contribution >= 0.6 is 0 Å². The van der Waals surface area contributed by atoms with Crippen LogP contribution in [0.4, 0.5) is 0 Å². The second kappa shape index (κ2) is 5.81. The summed E-state index contributed by atoms with van der Waals surface area (Å²) in [6.07, 6.45) is 6.12. The van der Waals surface area contributed by atoms with Gasteiger partial charge in [-0.2, -0.15) is 0 Å². The van der Waals surface area contributed by atoms with Gasteiger partial charge < -0.3 is 4.74 Å². The highest BCUT2D eigenvalue weighted by Gasteiger charge is 2.26. The lowest BCUT2D eigenvalue weighted by atomic mass is 10.1. The molecule has 1 rings (SSSR count). The molecule has 0 aromatic carbocycles. The summed E-state index contributed by atoms with van der Waals surface area (Å²) >= 11 is 0.